The molecule has 0 aromatic heterocycles. The van der Waals surface area contributed by atoms with Gasteiger partial charge in [0.1, 0.15) is 0 Å². The molecule has 0 aromatic rings. The minimum Gasteiger partial charge on any atom is -0.396 e. The average molecular weight is 211 g/mol. The third-order valence-corrected chi connectivity index (χ3v) is 2.15. The summed E-state index contributed by atoms with van der Waals surface area (Å²) >= 11 is 0. The van der Waals surface area contributed by atoms with Crippen LogP contribution in [0.3, 0.4) is 0 Å². The van der Waals surface area contributed by atoms with Crippen LogP contribution in [0.2, 0.25) is 0 Å². The maximum absolute atomic E-state index is 12.1. The molecule has 0 aromatic carbocycles. The van der Waals surface area contributed by atoms with Gasteiger partial charge in [0, 0.05) is 12.5 Å². The number of hydrogen-bond donors (Lipinski definition) is 2. The van der Waals surface area contributed by atoms with Crippen molar-refractivity contribution in [2.75, 3.05) is 13.2 Å². The molecule has 1 rings (SSSR count). The van der Waals surface area contributed by atoms with E-state index in [2.05, 4.69) is 5.32 Å². The Kier molecular flexibility index (Phi) is 3.36. The fourth-order valence-electron chi connectivity index (χ4n) is 0.997. The molecule has 14 heavy (non-hydrogen) atoms. The third-order valence-electron chi connectivity index (χ3n) is 2.15. The van der Waals surface area contributed by atoms with Crippen LogP contribution in [0.4, 0.5) is 13.2 Å². The van der Waals surface area contributed by atoms with Crippen LogP contribution in [0.15, 0.2) is 0 Å². The molecule has 0 radical (unpaired) electrons. The van der Waals surface area contributed by atoms with Crippen LogP contribution in [-0.4, -0.2) is 30.3 Å². The molecule has 0 saturated heterocycles. The van der Waals surface area contributed by atoms with Crippen molar-refractivity contribution >= 4 is 5.91 Å². The number of halogens is 3. The van der Waals surface area contributed by atoms with Crippen molar-refractivity contribution in [3.63, 3.8) is 0 Å². The van der Waals surface area contributed by atoms with Gasteiger partial charge < -0.3 is 10.4 Å². The van der Waals surface area contributed by atoms with Crippen molar-refractivity contribution < 1.29 is 23.1 Å². The number of rotatable bonds is 4. The Morgan fingerprint density at radius 2 is 2.07 bits per heavy atom. The van der Waals surface area contributed by atoms with E-state index in [0.717, 1.165) is 12.8 Å². The summed E-state index contributed by atoms with van der Waals surface area (Å²) in [5.41, 5.74) is 0. The van der Waals surface area contributed by atoms with Crippen molar-refractivity contribution in [3.8, 4) is 0 Å². The lowest BCUT2D eigenvalue weighted by Crippen LogP contribution is -2.39. The summed E-state index contributed by atoms with van der Waals surface area (Å²) < 4.78 is 36.2. The molecule has 1 unspecified atom stereocenters. The maximum Gasteiger partial charge on any atom is 0.395 e. The first-order valence-corrected chi connectivity index (χ1v) is 4.40. The molecule has 1 fully saturated rings. The first-order chi connectivity index (χ1) is 6.45. The van der Waals surface area contributed by atoms with Gasteiger partial charge in [0.15, 0.2) is 0 Å². The van der Waals surface area contributed by atoms with E-state index >= 15 is 0 Å². The quantitative estimate of drug-likeness (QED) is 0.718. The molecule has 1 saturated carbocycles. The lowest BCUT2D eigenvalue weighted by atomic mass is 10.1. The monoisotopic (exact) mass is 211 g/mol. The molecule has 2 N–H and O–H groups in total. The molecule has 1 aliphatic carbocycles. The fraction of sp³-hybridized carbons (Fsp3) is 0.875. The highest BCUT2D eigenvalue weighted by molar-refractivity contribution is 5.80. The summed E-state index contributed by atoms with van der Waals surface area (Å²) in [6, 6.07) is 0. The van der Waals surface area contributed by atoms with Gasteiger partial charge in [-0.3, -0.25) is 4.79 Å². The predicted molar refractivity (Wildman–Crippen MR) is 42.4 cm³/mol. The van der Waals surface area contributed by atoms with Gasteiger partial charge >= 0.3 is 6.18 Å². The standard InChI is InChI=1S/C8H12F3NO2/c9-8(10,11)6(4-13)3-12-7(14)5-1-2-5/h5-6,13H,1-4H2,(H,12,14). The first-order valence-electron chi connectivity index (χ1n) is 4.40. The van der Waals surface area contributed by atoms with Crippen LogP contribution in [0.5, 0.6) is 0 Å². The van der Waals surface area contributed by atoms with Crippen LogP contribution in [0.1, 0.15) is 12.8 Å². The third kappa shape index (κ3) is 3.17. The zero-order valence-corrected chi connectivity index (χ0v) is 7.47. The second-order valence-corrected chi connectivity index (χ2v) is 3.44. The van der Waals surface area contributed by atoms with Gasteiger partial charge in [0.2, 0.25) is 5.91 Å². The molecule has 1 atom stereocenters. The lowest BCUT2D eigenvalue weighted by Gasteiger charge is -2.18. The Morgan fingerprint density at radius 3 is 2.43 bits per heavy atom. The summed E-state index contributed by atoms with van der Waals surface area (Å²) in [6.07, 6.45) is -2.95. The van der Waals surface area contributed by atoms with E-state index in [-0.39, 0.29) is 11.8 Å². The number of aliphatic hydroxyl groups is 1. The van der Waals surface area contributed by atoms with E-state index in [1.54, 1.807) is 0 Å². The molecule has 1 aliphatic rings. The smallest absolute Gasteiger partial charge is 0.395 e. The van der Waals surface area contributed by atoms with Crippen molar-refractivity contribution in [2.45, 2.75) is 19.0 Å². The number of nitrogens with one attached hydrogen (secondary N) is 1. The number of aliphatic hydroxyl groups excluding tert-OH is 1. The van der Waals surface area contributed by atoms with E-state index in [4.69, 9.17) is 5.11 Å². The molecule has 0 heterocycles. The molecule has 0 bridgehead atoms. The van der Waals surface area contributed by atoms with Gasteiger partial charge in [-0.05, 0) is 12.8 Å². The zero-order valence-electron chi connectivity index (χ0n) is 7.47. The topological polar surface area (TPSA) is 49.3 Å². The van der Waals surface area contributed by atoms with Crippen molar-refractivity contribution in [1.82, 2.24) is 5.32 Å². The van der Waals surface area contributed by atoms with Crippen LogP contribution in [-0.2, 0) is 4.79 Å². The maximum atomic E-state index is 12.1. The Hall–Kier alpha value is -0.780. The molecule has 82 valence electrons. The molecule has 6 heteroatoms. The summed E-state index contributed by atoms with van der Waals surface area (Å²) in [4.78, 5) is 11.0. The second kappa shape index (κ2) is 4.16. The van der Waals surface area contributed by atoms with Crippen LogP contribution in [0, 0.1) is 11.8 Å². The lowest BCUT2D eigenvalue weighted by molar-refractivity contribution is -0.182. The minimum atomic E-state index is -4.45. The van der Waals surface area contributed by atoms with Gasteiger partial charge in [-0.25, -0.2) is 0 Å². The Balaban J connectivity index is 2.29. The Morgan fingerprint density at radius 1 is 1.50 bits per heavy atom. The number of hydrogen-bond acceptors (Lipinski definition) is 2. The normalized spacial score (nSPS) is 19.1. The van der Waals surface area contributed by atoms with E-state index in [0.29, 0.717) is 0 Å². The number of carbonyl (C=O) groups excluding carboxylic acids is 1. The summed E-state index contributed by atoms with van der Waals surface area (Å²) in [6.45, 7) is -1.52. The minimum absolute atomic E-state index is 0.109. The SMILES string of the molecule is O=C(NCC(CO)C(F)(F)F)C1CC1. The van der Waals surface area contributed by atoms with E-state index < -0.39 is 25.2 Å². The average Bonchev–Trinajstić information content (AvgIpc) is 2.84. The van der Waals surface area contributed by atoms with Crippen molar-refractivity contribution in [2.24, 2.45) is 11.8 Å². The van der Waals surface area contributed by atoms with Gasteiger partial charge in [-0.1, -0.05) is 0 Å². The van der Waals surface area contributed by atoms with Crippen molar-refractivity contribution in [1.29, 1.82) is 0 Å². The first kappa shape index (κ1) is 11.3. The number of alkyl halides is 3. The highest BCUT2D eigenvalue weighted by Gasteiger charge is 2.40. The second-order valence-electron chi connectivity index (χ2n) is 3.44. The molecule has 0 aliphatic heterocycles. The zero-order chi connectivity index (χ0) is 10.8. The largest absolute Gasteiger partial charge is 0.396 e. The van der Waals surface area contributed by atoms with Gasteiger partial charge in [0.05, 0.1) is 12.5 Å². The van der Waals surface area contributed by atoms with Crippen LogP contribution < -0.4 is 5.32 Å². The van der Waals surface area contributed by atoms with Crippen LogP contribution in [0.25, 0.3) is 0 Å². The van der Waals surface area contributed by atoms with E-state index in [9.17, 15) is 18.0 Å². The fourth-order valence-corrected chi connectivity index (χ4v) is 0.997. The summed E-state index contributed by atoms with van der Waals surface area (Å²) in [7, 11) is 0. The molecular weight excluding hydrogens is 199 g/mol. The van der Waals surface area contributed by atoms with Crippen LogP contribution >= 0.6 is 0 Å². The molecule has 1 amide bonds. The van der Waals surface area contributed by atoms with Gasteiger partial charge in [-0.2, -0.15) is 13.2 Å². The highest BCUT2D eigenvalue weighted by Crippen LogP contribution is 2.29. The van der Waals surface area contributed by atoms with E-state index in [1.165, 1.54) is 0 Å². The summed E-state index contributed by atoms with van der Waals surface area (Å²) in [5.74, 6) is -2.31. The molecular formula is C8H12F3NO2. The predicted octanol–water partition coefficient (Wildman–Crippen LogP) is 0.683. The number of carbonyl (C=O) groups is 1. The molecule has 3 nitrogen and oxygen atoms in total. The number of amides is 1. The summed E-state index contributed by atoms with van der Waals surface area (Å²) in [5, 5.41) is 10.6. The van der Waals surface area contributed by atoms with E-state index in [1.807, 2.05) is 0 Å². The Labute approximate surface area is 79.3 Å². The van der Waals surface area contributed by atoms with Gasteiger partial charge in [-0.15, -0.1) is 0 Å². The Bertz CT molecular complexity index is 213. The van der Waals surface area contributed by atoms with Gasteiger partial charge in [0.25, 0.3) is 0 Å². The van der Waals surface area contributed by atoms with Crippen molar-refractivity contribution in [3.05, 3.63) is 0 Å². The molecule has 0 spiro atoms. The highest BCUT2D eigenvalue weighted by atomic mass is 19.4.